The van der Waals surface area contributed by atoms with Crippen LogP contribution in [-0.2, 0) is 0 Å². The van der Waals surface area contributed by atoms with Gasteiger partial charge in [-0.25, -0.2) is 0 Å². The van der Waals surface area contributed by atoms with E-state index in [0.717, 1.165) is 16.9 Å². The maximum atomic E-state index is 4.42. The fourth-order valence-electron chi connectivity index (χ4n) is 1.64. The highest BCUT2D eigenvalue weighted by molar-refractivity contribution is 5.87. The molecule has 0 radical (unpaired) electrons. The molecule has 3 N–H and O–H groups in total. The average Bonchev–Trinajstić information content (AvgIpc) is 2.81. The van der Waals surface area contributed by atoms with E-state index in [2.05, 4.69) is 37.7 Å². The van der Waals surface area contributed by atoms with E-state index in [-0.39, 0.29) is 5.54 Å². The van der Waals surface area contributed by atoms with Crippen molar-refractivity contribution in [1.82, 2.24) is 20.2 Å². The normalized spacial score (nSPS) is 17.4. The molecule has 1 fully saturated rings. The molecule has 0 bridgehead atoms. The zero-order valence-electron chi connectivity index (χ0n) is 9.33. The summed E-state index contributed by atoms with van der Waals surface area (Å²) < 4.78 is 0. The SMILES string of the molecule is CNc1nc(NC2(C)CC2)c2cn[nH]c2n1. The monoisotopic (exact) mass is 218 g/mol. The van der Waals surface area contributed by atoms with E-state index in [4.69, 9.17) is 0 Å². The van der Waals surface area contributed by atoms with Crippen LogP contribution in [0.3, 0.4) is 0 Å². The zero-order valence-corrected chi connectivity index (χ0v) is 9.33. The van der Waals surface area contributed by atoms with Crippen molar-refractivity contribution in [3.8, 4) is 0 Å². The van der Waals surface area contributed by atoms with Crippen molar-refractivity contribution in [2.45, 2.75) is 25.3 Å². The first kappa shape index (κ1) is 9.38. The fourth-order valence-corrected chi connectivity index (χ4v) is 1.64. The van der Waals surface area contributed by atoms with Gasteiger partial charge in [-0.05, 0) is 19.8 Å². The van der Waals surface area contributed by atoms with Crippen LogP contribution in [0.2, 0.25) is 0 Å². The van der Waals surface area contributed by atoms with Gasteiger partial charge >= 0.3 is 0 Å². The molecule has 1 saturated carbocycles. The Labute approximate surface area is 92.9 Å². The van der Waals surface area contributed by atoms with Gasteiger partial charge in [-0.2, -0.15) is 15.1 Å². The summed E-state index contributed by atoms with van der Waals surface area (Å²) in [5.41, 5.74) is 0.954. The number of H-pyrrole nitrogens is 1. The summed E-state index contributed by atoms with van der Waals surface area (Å²) in [6, 6.07) is 0. The Hall–Kier alpha value is -1.85. The number of hydrogen-bond donors (Lipinski definition) is 3. The second-order valence-corrected chi connectivity index (χ2v) is 4.46. The minimum Gasteiger partial charge on any atom is -0.364 e. The van der Waals surface area contributed by atoms with E-state index >= 15 is 0 Å². The molecule has 1 aliphatic rings. The molecule has 0 aromatic carbocycles. The molecular weight excluding hydrogens is 204 g/mol. The van der Waals surface area contributed by atoms with Crippen LogP contribution in [0.15, 0.2) is 6.20 Å². The molecule has 2 aromatic heterocycles. The Morgan fingerprint density at radius 3 is 2.88 bits per heavy atom. The summed E-state index contributed by atoms with van der Waals surface area (Å²) >= 11 is 0. The van der Waals surface area contributed by atoms with Crippen molar-refractivity contribution < 1.29 is 0 Å². The number of rotatable bonds is 3. The van der Waals surface area contributed by atoms with Gasteiger partial charge in [-0.1, -0.05) is 0 Å². The Bertz CT molecular complexity index is 527. The molecule has 0 amide bonds. The van der Waals surface area contributed by atoms with E-state index < -0.39 is 0 Å². The molecule has 3 rings (SSSR count). The number of aromatic nitrogens is 4. The first-order chi connectivity index (χ1) is 7.70. The molecule has 6 heteroatoms. The van der Waals surface area contributed by atoms with Gasteiger partial charge in [-0.3, -0.25) is 5.10 Å². The second kappa shape index (κ2) is 3.07. The summed E-state index contributed by atoms with van der Waals surface area (Å²) in [6.07, 6.45) is 4.12. The third kappa shape index (κ3) is 1.46. The van der Waals surface area contributed by atoms with Crippen molar-refractivity contribution in [3.63, 3.8) is 0 Å². The van der Waals surface area contributed by atoms with Crippen LogP contribution in [0.1, 0.15) is 19.8 Å². The number of anilines is 2. The van der Waals surface area contributed by atoms with Gasteiger partial charge in [0.25, 0.3) is 0 Å². The lowest BCUT2D eigenvalue weighted by Crippen LogP contribution is -2.17. The smallest absolute Gasteiger partial charge is 0.226 e. The molecule has 0 spiro atoms. The fraction of sp³-hybridized carbons (Fsp3) is 0.500. The van der Waals surface area contributed by atoms with Gasteiger partial charge in [-0.15, -0.1) is 0 Å². The Morgan fingerprint density at radius 1 is 1.38 bits per heavy atom. The maximum Gasteiger partial charge on any atom is 0.226 e. The number of nitrogens with zero attached hydrogens (tertiary/aromatic N) is 3. The molecule has 16 heavy (non-hydrogen) atoms. The predicted octanol–water partition coefficient (Wildman–Crippen LogP) is 1.36. The van der Waals surface area contributed by atoms with Crippen LogP contribution in [0.5, 0.6) is 0 Å². The van der Waals surface area contributed by atoms with Gasteiger partial charge < -0.3 is 10.6 Å². The minimum atomic E-state index is 0.198. The molecule has 0 aliphatic heterocycles. The van der Waals surface area contributed by atoms with Crippen LogP contribution >= 0.6 is 0 Å². The highest BCUT2D eigenvalue weighted by Crippen LogP contribution is 2.39. The van der Waals surface area contributed by atoms with Crippen molar-refractivity contribution in [2.75, 3.05) is 17.7 Å². The lowest BCUT2D eigenvalue weighted by molar-refractivity contribution is 0.823. The first-order valence-corrected chi connectivity index (χ1v) is 5.37. The summed E-state index contributed by atoms with van der Waals surface area (Å²) in [4.78, 5) is 8.71. The second-order valence-electron chi connectivity index (χ2n) is 4.46. The lowest BCUT2D eigenvalue weighted by Gasteiger charge is -2.13. The number of hydrogen-bond acceptors (Lipinski definition) is 5. The first-order valence-electron chi connectivity index (χ1n) is 5.37. The Kier molecular flexibility index (Phi) is 1.80. The van der Waals surface area contributed by atoms with Crippen LogP contribution in [-0.4, -0.2) is 32.8 Å². The quantitative estimate of drug-likeness (QED) is 0.725. The standard InChI is InChI=1S/C10H14N6/c1-10(3-4-10)15-7-6-5-12-16-8(6)14-9(11-2)13-7/h5H,3-4H2,1-2H3,(H3,11,12,13,14,15,16). The van der Waals surface area contributed by atoms with Crippen molar-refractivity contribution in [3.05, 3.63) is 6.20 Å². The largest absolute Gasteiger partial charge is 0.364 e. The number of fused-ring (bicyclic) bond motifs is 1. The van der Waals surface area contributed by atoms with Crippen LogP contribution < -0.4 is 10.6 Å². The highest BCUT2D eigenvalue weighted by atomic mass is 15.2. The van der Waals surface area contributed by atoms with Gasteiger partial charge in [0, 0.05) is 12.6 Å². The van der Waals surface area contributed by atoms with Gasteiger partial charge in [0.1, 0.15) is 5.82 Å². The molecule has 6 nitrogen and oxygen atoms in total. The zero-order chi connectivity index (χ0) is 11.2. The van der Waals surface area contributed by atoms with Crippen molar-refractivity contribution >= 4 is 22.8 Å². The van der Waals surface area contributed by atoms with E-state index in [1.165, 1.54) is 12.8 Å². The topological polar surface area (TPSA) is 78.5 Å². The third-order valence-electron chi connectivity index (χ3n) is 2.95. The molecule has 0 saturated heterocycles. The Morgan fingerprint density at radius 2 is 2.19 bits per heavy atom. The van der Waals surface area contributed by atoms with Crippen molar-refractivity contribution in [2.24, 2.45) is 0 Å². The minimum absolute atomic E-state index is 0.198. The third-order valence-corrected chi connectivity index (χ3v) is 2.95. The predicted molar refractivity (Wildman–Crippen MR) is 62.5 cm³/mol. The Balaban J connectivity index is 2.09. The van der Waals surface area contributed by atoms with Gasteiger partial charge in [0.05, 0.1) is 11.6 Å². The van der Waals surface area contributed by atoms with Crippen LogP contribution in [0.25, 0.3) is 11.0 Å². The van der Waals surface area contributed by atoms with E-state index in [1.54, 1.807) is 13.2 Å². The van der Waals surface area contributed by atoms with Crippen LogP contribution in [0, 0.1) is 0 Å². The summed E-state index contributed by atoms with van der Waals surface area (Å²) in [5.74, 6) is 1.45. The molecule has 84 valence electrons. The molecular formula is C10H14N6. The van der Waals surface area contributed by atoms with Gasteiger partial charge in [0.2, 0.25) is 5.95 Å². The lowest BCUT2D eigenvalue weighted by atomic mass is 10.3. The molecule has 1 aliphatic carbocycles. The highest BCUT2D eigenvalue weighted by Gasteiger charge is 2.38. The van der Waals surface area contributed by atoms with Crippen molar-refractivity contribution in [1.29, 1.82) is 0 Å². The number of aromatic amines is 1. The summed E-state index contributed by atoms with van der Waals surface area (Å²) in [5, 5.41) is 14.2. The van der Waals surface area contributed by atoms with E-state index in [0.29, 0.717) is 5.95 Å². The molecule has 2 aromatic rings. The molecule has 2 heterocycles. The summed E-state index contributed by atoms with van der Waals surface area (Å²) in [6.45, 7) is 2.19. The molecule has 0 atom stereocenters. The average molecular weight is 218 g/mol. The van der Waals surface area contributed by atoms with E-state index in [1.807, 2.05) is 0 Å². The number of nitrogens with one attached hydrogen (secondary N) is 3. The summed E-state index contributed by atoms with van der Waals surface area (Å²) in [7, 11) is 1.81. The molecule has 0 unspecified atom stereocenters. The maximum absolute atomic E-state index is 4.42. The van der Waals surface area contributed by atoms with E-state index in [9.17, 15) is 0 Å². The van der Waals surface area contributed by atoms with Gasteiger partial charge in [0.15, 0.2) is 5.65 Å². The van der Waals surface area contributed by atoms with Crippen LogP contribution in [0.4, 0.5) is 11.8 Å².